The summed E-state index contributed by atoms with van der Waals surface area (Å²) in [5, 5.41) is 1.62. The number of ether oxygens (including phenoxy) is 2. The number of hydrogen-bond donors (Lipinski definition) is 0. The van der Waals surface area contributed by atoms with E-state index < -0.39 is 0 Å². The molecule has 0 spiro atoms. The lowest BCUT2D eigenvalue weighted by atomic mass is 9.98. The van der Waals surface area contributed by atoms with Gasteiger partial charge in [0.15, 0.2) is 0 Å². The van der Waals surface area contributed by atoms with Crippen LogP contribution in [-0.4, -0.2) is 47.4 Å². The largest absolute Gasteiger partial charge is 0.488 e. The van der Waals surface area contributed by atoms with Crippen LogP contribution in [-0.2, 0) is 4.74 Å². The van der Waals surface area contributed by atoms with Gasteiger partial charge in [0.2, 0.25) is 0 Å². The van der Waals surface area contributed by atoms with Gasteiger partial charge in [-0.1, -0.05) is 44.0 Å². The predicted molar refractivity (Wildman–Crippen MR) is 116 cm³/mol. The number of piperidine rings is 1. The smallest absolute Gasteiger partial charge is 0.145 e. The molecular weight excluding hydrogens is 401 g/mol. The van der Waals surface area contributed by atoms with E-state index in [4.69, 9.17) is 32.7 Å². The first kappa shape index (κ1) is 21.6. The summed E-state index contributed by atoms with van der Waals surface area (Å²) < 4.78 is 12.6. The zero-order valence-electron chi connectivity index (χ0n) is 16.7. The van der Waals surface area contributed by atoms with Crippen molar-refractivity contribution >= 4 is 35.0 Å². The number of benzene rings is 1. The second-order valence-electron chi connectivity index (χ2n) is 8.49. The average Bonchev–Trinajstić information content (AvgIpc) is 2.91. The van der Waals surface area contributed by atoms with Gasteiger partial charge < -0.3 is 14.4 Å². The molecule has 2 aliphatic heterocycles. The van der Waals surface area contributed by atoms with Crippen LogP contribution in [0.5, 0.6) is 5.75 Å². The molecule has 0 bridgehead atoms. The highest BCUT2D eigenvalue weighted by Gasteiger charge is 2.46. The van der Waals surface area contributed by atoms with Crippen LogP contribution in [0.2, 0.25) is 10.0 Å². The van der Waals surface area contributed by atoms with Gasteiger partial charge in [-0.05, 0) is 56.3 Å². The molecule has 0 saturated carbocycles. The molecule has 4 atom stereocenters. The van der Waals surface area contributed by atoms with Crippen molar-refractivity contribution in [2.24, 2.45) is 11.8 Å². The Balaban J connectivity index is 1.63. The first-order valence-corrected chi connectivity index (χ1v) is 11.5. The highest BCUT2D eigenvalue weighted by atomic mass is 35.5. The third-order valence-electron chi connectivity index (χ3n) is 5.37. The van der Waals surface area contributed by atoms with Crippen LogP contribution in [0.4, 0.5) is 0 Å². The minimum atomic E-state index is -0.371. The fourth-order valence-electron chi connectivity index (χ4n) is 4.06. The number of hydrogen-bond acceptors (Lipinski definition) is 4. The summed E-state index contributed by atoms with van der Waals surface area (Å²) in [4.78, 5) is 2.21. The van der Waals surface area contributed by atoms with E-state index in [1.807, 2.05) is 17.8 Å². The Hall–Kier alpha value is -0.130. The lowest BCUT2D eigenvalue weighted by Crippen LogP contribution is -2.43. The summed E-state index contributed by atoms with van der Waals surface area (Å²) in [5.74, 6) is 2.00. The van der Waals surface area contributed by atoms with E-state index in [1.54, 1.807) is 12.1 Å². The fourth-order valence-corrected chi connectivity index (χ4v) is 5.97. The molecule has 0 aromatic heterocycles. The molecule has 2 saturated heterocycles. The van der Waals surface area contributed by atoms with Crippen molar-refractivity contribution in [2.75, 3.05) is 26.2 Å². The highest BCUT2D eigenvalue weighted by molar-refractivity contribution is 8.01. The molecule has 2 fully saturated rings. The fraction of sp³-hybridized carbons (Fsp3) is 0.714. The van der Waals surface area contributed by atoms with Gasteiger partial charge in [-0.2, -0.15) is 0 Å². The summed E-state index contributed by atoms with van der Waals surface area (Å²) >= 11 is 14.1. The SMILES string of the molecule is CC1CCCN(CC2OC(C)(COc3ccc(Cl)cc3Cl)SC2C(C)C)C1. The Morgan fingerprint density at radius 3 is 2.81 bits per heavy atom. The standard InChI is InChI=1S/C21H31Cl2NO2S/c1-14(2)20-19(12-24-9-5-6-15(3)11-24)26-21(4,27-20)13-25-18-8-7-16(22)10-17(18)23/h7-8,10,14-15,19-20H,5-6,9,11-13H2,1-4H3. The van der Waals surface area contributed by atoms with Gasteiger partial charge in [0.05, 0.1) is 11.1 Å². The molecule has 6 heteroatoms. The Morgan fingerprint density at radius 2 is 2.15 bits per heavy atom. The van der Waals surface area contributed by atoms with Gasteiger partial charge in [-0.15, -0.1) is 11.8 Å². The minimum absolute atomic E-state index is 0.231. The Labute approximate surface area is 178 Å². The van der Waals surface area contributed by atoms with E-state index in [0.29, 0.717) is 33.6 Å². The van der Waals surface area contributed by atoms with Gasteiger partial charge in [0.1, 0.15) is 17.3 Å². The third-order valence-corrected chi connectivity index (χ3v) is 7.74. The van der Waals surface area contributed by atoms with Crippen molar-refractivity contribution in [1.82, 2.24) is 4.90 Å². The minimum Gasteiger partial charge on any atom is -0.488 e. The first-order chi connectivity index (χ1) is 12.8. The highest BCUT2D eigenvalue weighted by Crippen LogP contribution is 2.45. The average molecular weight is 432 g/mol. The molecule has 0 radical (unpaired) electrons. The zero-order valence-corrected chi connectivity index (χ0v) is 19.0. The van der Waals surface area contributed by atoms with Gasteiger partial charge in [-0.3, -0.25) is 0 Å². The van der Waals surface area contributed by atoms with E-state index in [-0.39, 0.29) is 11.0 Å². The topological polar surface area (TPSA) is 21.7 Å². The van der Waals surface area contributed by atoms with Crippen molar-refractivity contribution in [3.8, 4) is 5.75 Å². The van der Waals surface area contributed by atoms with Crippen LogP contribution in [0.3, 0.4) is 0 Å². The van der Waals surface area contributed by atoms with Crippen LogP contribution in [0.15, 0.2) is 18.2 Å². The summed E-state index contributed by atoms with van der Waals surface area (Å²) in [6.45, 7) is 12.9. The van der Waals surface area contributed by atoms with Crippen LogP contribution in [0.1, 0.15) is 40.5 Å². The molecule has 2 heterocycles. The molecule has 27 heavy (non-hydrogen) atoms. The monoisotopic (exact) mass is 431 g/mol. The third kappa shape index (κ3) is 5.70. The molecule has 1 aromatic carbocycles. The number of rotatable bonds is 6. The van der Waals surface area contributed by atoms with E-state index >= 15 is 0 Å². The molecule has 0 aliphatic carbocycles. The summed E-state index contributed by atoms with van der Waals surface area (Å²) in [7, 11) is 0. The maximum atomic E-state index is 6.57. The van der Waals surface area contributed by atoms with Crippen molar-refractivity contribution in [1.29, 1.82) is 0 Å². The quantitative estimate of drug-likeness (QED) is 0.552. The zero-order chi connectivity index (χ0) is 19.6. The summed E-state index contributed by atoms with van der Waals surface area (Å²) in [6.07, 6.45) is 2.87. The van der Waals surface area contributed by atoms with Crippen LogP contribution < -0.4 is 4.74 Å². The predicted octanol–water partition coefficient (Wildman–Crippen LogP) is 5.98. The first-order valence-electron chi connectivity index (χ1n) is 9.91. The van der Waals surface area contributed by atoms with Crippen molar-refractivity contribution in [2.45, 2.75) is 56.8 Å². The second-order valence-corrected chi connectivity index (χ2v) is 11.0. The van der Waals surface area contributed by atoms with E-state index in [0.717, 1.165) is 12.5 Å². The lowest BCUT2D eigenvalue weighted by molar-refractivity contribution is -0.0481. The number of likely N-dealkylation sites (tertiary alicyclic amines) is 1. The molecule has 1 aromatic rings. The summed E-state index contributed by atoms with van der Waals surface area (Å²) in [6, 6.07) is 5.33. The van der Waals surface area contributed by atoms with Crippen LogP contribution in [0, 0.1) is 11.8 Å². The van der Waals surface area contributed by atoms with E-state index in [1.165, 1.54) is 25.9 Å². The Bertz CT molecular complexity index is 645. The van der Waals surface area contributed by atoms with E-state index in [9.17, 15) is 0 Å². The lowest BCUT2D eigenvalue weighted by Gasteiger charge is -2.34. The Morgan fingerprint density at radius 1 is 1.37 bits per heavy atom. The van der Waals surface area contributed by atoms with Crippen molar-refractivity contribution < 1.29 is 9.47 Å². The van der Waals surface area contributed by atoms with Gasteiger partial charge in [-0.25, -0.2) is 0 Å². The maximum Gasteiger partial charge on any atom is 0.145 e. The van der Waals surface area contributed by atoms with Gasteiger partial charge >= 0.3 is 0 Å². The molecule has 0 N–H and O–H groups in total. The van der Waals surface area contributed by atoms with Crippen LogP contribution in [0.25, 0.3) is 0 Å². The van der Waals surface area contributed by atoms with E-state index in [2.05, 4.69) is 32.6 Å². The second kappa shape index (κ2) is 9.13. The van der Waals surface area contributed by atoms with Gasteiger partial charge in [0, 0.05) is 23.4 Å². The molecule has 3 nitrogen and oxygen atoms in total. The van der Waals surface area contributed by atoms with Gasteiger partial charge in [0.25, 0.3) is 0 Å². The molecule has 0 amide bonds. The number of nitrogens with zero attached hydrogens (tertiary/aromatic N) is 1. The molecule has 152 valence electrons. The number of halogens is 2. The molecule has 4 unspecified atom stereocenters. The summed E-state index contributed by atoms with van der Waals surface area (Å²) in [5.41, 5.74) is 0. The van der Waals surface area contributed by atoms with Crippen molar-refractivity contribution in [3.05, 3.63) is 28.2 Å². The molecule has 2 aliphatic rings. The maximum absolute atomic E-state index is 6.57. The van der Waals surface area contributed by atoms with Crippen molar-refractivity contribution in [3.63, 3.8) is 0 Å². The molecular formula is C21H31Cl2NO2S. The van der Waals surface area contributed by atoms with Crippen LogP contribution >= 0.6 is 35.0 Å². The normalized spacial score (nSPS) is 32.2. The Kier molecular flexibility index (Phi) is 7.29. The molecule has 3 rings (SSSR count). The number of thioether (sulfide) groups is 1.